The van der Waals surface area contributed by atoms with Crippen LogP contribution in [0.2, 0.25) is 0 Å². The highest BCUT2D eigenvalue weighted by Gasteiger charge is 2.08. The van der Waals surface area contributed by atoms with E-state index in [2.05, 4.69) is 36.2 Å². The molecule has 1 aromatic carbocycles. The SMILES string of the molecule is O=C(Nc1ccc(Oc2cc(-n3cccc3)ncn2)cc1)c1cncc(Br)c1. The van der Waals surface area contributed by atoms with Crippen LogP contribution >= 0.6 is 15.9 Å². The lowest BCUT2D eigenvalue weighted by Crippen LogP contribution is -2.12. The number of anilines is 1. The van der Waals surface area contributed by atoms with Gasteiger partial charge in [-0.2, -0.15) is 0 Å². The summed E-state index contributed by atoms with van der Waals surface area (Å²) in [6.45, 7) is 0. The molecule has 7 nitrogen and oxygen atoms in total. The van der Waals surface area contributed by atoms with Gasteiger partial charge in [0, 0.05) is 41.0 Å². The monoisotopic (exact) mass is 435 g/mol. The quantitative estimate of drug-likeness (QED) is 0.499. The Morgan fingerprint density at radius 3 is 2.57 bits per heavy atom. The van der Waals surface area contributed by atoms with Gasteiger partial charge >= 0.3 is 0 Å². The number of ether oxygens (including phenoxy) is 1. The largest absolute Gasteiger partial charge is 0.439 e. The van der Waals surface area contributed by atoms with E-state index in [1.54, 1.807) is 42.6 Å². The maximum absolute atomic E-state index is 12.3. The van der Waals surface area contributed by atoms with Gasteiger partial charge in [0.15, 0.2) is 0 Å². The van der Waals surface area contributed by atoms with E-state index < -0.39 is 0 Å². The van der Waals surface area contributed by atoms with Crippen molar-refractivity contribution < 1.29 is 9.53 Å². The maximum Gasteiger partial charge on any atom is 0.257 e. The van der Waals surface area contributed by atoms with Crippen molar-refractivity contribution in [2.75, 3.05) is 5.32 Å². The molecule has 3 heterocycles. The molecule has 1 amide bonds. The van der Waals surface area contributed by atoms with Crippen LogP contribution in [0.15, 0.2) is 84.1 Å². The van der Waals surface area contributed by atoms with Gasteiger partial charge < -0.3 is 14.6 Å². The van der Waals surface area contributed by atoms with E-state index in [-0.39, 0.29) is 5.91 Å². The number of carbonyl (C=O) groups excluding carboxylic acids is 1. The minimum absolute atomic E-state index is 0.241. The zero-order chi connectivity index (χ0) is 19.3. The Morgan fingerprint density at radius 1 is 1.04 bits per heavy atom. The van der Waals surface area contributed by atoms with Crippen LogP contribution in [0, 0.1) is 0 Å². The van der Waals surface area contributed by atoms with E-state index in [4.69, 9.17) is 4.74 Å². The predicted octanol–water partition coefficient (Wildman–Crippen LogP) is 4.47. The molecule has 0 fully saturated rings. The fourth-order valence-electron chi connectivity index (χ4n) is 2.48. The first-order chi connectivity index (χ1) is 13.7. The van der Waals surface area contributed by atoms with E-state index in [0.29, 0.717) is 28.7 Å². The number of carbonyl (C=O) groups is 1. The molecule has 1 N–H and O–H groups in total. The van der Waals surface area contributed by atoms with Crippen molar-refractivity contribution in [3.05, 3.63) is 89.7 Å². The zero-order valence-electron chi connectivity index (χ0n) is 14.5. The van der Waals surface area contributed by atoms with Gasteiger partial charge in [0.25, 0.3) is 5.91 Å². The lowest BCUT2D eigenvalue weighted by Gasteiger charge is -2.08. The summed E-state index contributed by atoms with van der Waals surface area (Å²) in [7, 11) is 0. The van der Waals surface area contributed by atoms with Gasteiger partial charge in [0.1, 0.15) is 17.9 Å². The van der Waals surface area contributed by atoms with Gasteiger partial charge in [0.2, 0.25) is 5.88 Å². The second kappa shape index (κ2) is 8.01. The Hall–Kier alpha value is -3.52. The van der Waals surface area contributed by atoms with Crippen molar-refractivity contribution in [3.8, 4) is 17.4 Å². The number of amides is 1. The molecule has 3 aromatic heterocycles. The molecule has 4 rings (SSSR count). The van der Waals surface area contributed by atoms with Crippen LogP contribution < -0.4 is 10.1 Å². The summed E-state index contributed by atoms with van der Waals surface area (Å²) in [5.41, 5.74) is 1.11. The fraction of sp³-hybridized carbons (Fsp3) is 0. The standard InChI is InChI=1S/C20H14BrN5O2/c21-15-9-14(11-22-12-15)20(27)25-16-3-5-17(6-4-16)28-19-10-18(23-13-24-19)26-7-1-2-8-26/h1-13H,(H,25,27). The summed E-state index contributed by atoms with van der Waals surface area (Å²) in [5, 5.41) is 2.82. The summed E-state index contributed by atoms with van der Waals surface area (Å²) in [5.74, 6) is 1.49. The highest BCUT2D eigenvalue weighted by molar-refractivity contribution is 9.10. The Labute approximate surface area is 169 Å². The second-order valence-electron chi connectivity index (χ2n) is 5.78. The molecular formula is C20H14BrN5O2. The highest BCUT2D eigenvalue weighted by Crippen LogP contribution is 2.23. The molecule has 28 heavy (non-hydrogen) atoms. The van der Waals surface area contributed by atoms with Gasteiger partial charge in [0.05, 0.1) is 5.56 Å². The third-order valence-electron chi connectivity index (χ3n) is 3.80. The minimum atomic E-state index is -0.241. The summed E-state index contributed by atoms with van der Waals surface area (Å²) in [4.78, 5) is 24.6. The van der Waals surface area contributed by atoms with Crippen LogP contribution in [0.1, 0.15) is 10.4 Å². The van der Waals surface area contributed by atoms with E-state index in [1.165, 1.54) is 12.5 Å². The molecular weight excluding hydrogens is 422 g/mol. The number of rotatable bonds is 5. The number of halogens is 1. The average molecular weight is 436 g/mol. The first kappa shape index (κ1) is 17.9. The van der Waals surface area contributed by atoms with Crippen LogP contribution in [0.25, 0.3) is 5.82 Å². The van der Waals surface area contributed by atoms with Crippen molar-refractivity contribution in [2.45, 2.75) is 0 Å². The summed E-state index contributed by atoms with van der Waals surface area (Å²) in [6, 6.07) is 14.3. The van der Waals surface area contributed by atoms with Gasteiger partial charge in [-0.25, -0.2) is 9.97 Å². The number of hydrogen-bond acceptors (Lipinski definition) is 5. The van der Waals surface area contributed by atoms with Crippen LogP contribution in [-0.4, -0.2) is 25.4 Å². The van der Waals surface area contributed by atoms with E-state index in [0.717, 1.165) is 4.47 Å². The van der Waals surface area contributed by atoms with Crippen molar-refractivity contribution in [3.63, 3.8) is 0 Å². The predicted molar refractivity (Wildman–Crippen MR) is 108 cm³/mol. The lowest BCUT2D eigenvalue weighted by atomic mass is 10.2. The number of hydrogen-bond donors (Lipinski definition) is 1. The highest BCUT2D eigenvalue weighted by atomic mass is 79.9. The third kappa shape index (κ3) is 4.24. The number of aromatic nitrogens is 4. The number of nitrogens with zero attached hydrogens (tertiary/aromatic N) is 4. The average Bonchev–Trinajstić information content (AvgIpc) is 3.25. The van der Waals surface area contributed by atoms with Crippen molar-refractivity contribution in [1.82, 2.24) is 19.5 Å². The summed E-state index contributed by atoms with van der Waals surface area (Å²) < 4.78 is 8.39. The topological polar surface area (TPSA) is 81.9 Å². The minimum Gasteiger partial charge on any atom is -0.439 e. The number of pyridine rings is 1. The van der Waals surface area contributed by atoms with E-state index >= 15 is 0 Å². The van der Waals surface area contributed by atoms with Gasteiger partial charge in [-0.05, 0) is 58.4 Å². The van der Waals surface area contributed by atoms with E-state index in [9.17, 15) is 4.79 Å². The van der Waals surface area contributed by atoms with Crippen LogP contribution in [0.5, 0.6) is 11.6 Å². The molecule has 138 valence electrons. The Bertz CT molecular complexity index is 1100. The fourth-order valence-corrected chi connectivity index (χ4v) is 2.85. The van der Waals surface area contributed by atoms with Gasteiger partial charge in [-0.3, -0.25) is 9.78 Å². The molecule has 0 aliphatic heterocycles. The number of nitrogens with one attached hydrogen (secondary N) is 1. The molecule has 0 saturated carbocycles. The summed E-state index contributed by atoms with van der Waals surface area (Å²) in [6.07, 6.45) is 8.37. The molecule has 0 atom stereocenters. The molecule has 0 aliphatic rings. The molecule has 0 saturated heterocycles. The van der Waals surface area contributed by atoms with E-state index in [1.807, 2.05) is 29.1 Å². The Morgan fingerprint density at radius 2 is 1.82 bits per heavy atom. The smallest absolute Gasteiger partial charge is 0.257 e. The van der Waals surface area contributed by atoms with Crippen molar-refractivity contribution in [2.24, 2.45) is 0 Å². The van der Waals surface area contributed by atoms with Gasteiger partial charge in [-0.15, -0.1) is 0 Å². The molecule has 0 bridgehead atoms. The zero-order valence-corrected chi connectivity index (χ0v) is 16.1. The molecule has 0 spiro atoms. The molecule has 0 radical (unpaired) electrons. The first-order valence-electron chi connectivity index (χ1n) is 8.32. The molecule has 0 aliphatic carbocycles. The normalized spacial score (nSPS) is 10.5. The van der Waals surface area contributed by atoms with Crippen LogP contribution in [0.3, 0.4) is 0 Å². The number of benzene rings is 1. The molecule has 4 aromatic rings. The maximum atomic E-state index is 12.3. The van der Waals surface area contributed by atoms with Gasteiger partial charge in [-0.1, -0.05) is 0 Å². The third-order valence-corrected chi connectivity index (χ3v) is 4.23. The van der Waals surface area contributed by atoms with Crippen molar-refractivity contribution >= 4 is 27.5 Å². The Kier molecular flexibility index (Phi) is 5.11. The molecule has 0 unspecified atom stereocenters. The Balaban J connectivity index is 1.44. The van der Waals surface area contributed by atoms with Crippen molar-refractivity contribution in [1.29, 1.82) is 0 Å². The first-order valence-corrected chi connectivity index (χ1v) is 9.12. The van der Waals surface area contributed by atoms with Crippen LogP contribution in [0.4, 0.5) is 5.69 Å². The van der Waals surface area contributed by atoms with Crippen LogP contribution in [-0.2, 0) is 0 Å². The lowest BCUT2D eigenvalue weighted by molar-refractivity contribution is 0.102. The molecule has 8 heteroatoms. The summed E-state index contributed by atoms with van der Waals surface area (Å²) >= 11 is 3.30. The second-order valence-corrected chi connectivity index (χ2v) is 6.69.